The zero-order valence-electron chi connectivity index (χ0n) is 13.8. The van der Waals surface area contributed by atoms with Crippen molar-refractivity contribution < 1.29 is 23.4 Å². The lowest BCUT2D eigenvalue weighted by atomic mass is 10.0. The van der Waals surface area contributed by atoms with E-state index in [0.717, 1.165) is 17.7 Å². The fourth-order valence-electron chi connectivity index (χ4n) is 3.18. The number of β-amino-alcohol motifs (C(OH)–C–C–N with tert-alkyl or cyclic N) is 1. The van der Waals surface area contributed by atoms with Crippen LogP contribution in [0.3, 0.4) is 0 Å². The molecule has 0 aliphatic carbocycles. The third-order valence-electron chi connectivity index (χ3n) is 4.42. The smallest absolute Gasteiger partial charge is 0.227 e. The highest BCUT2D eigenvalue weighted by atomic mass is 19.2. The summed E-state index contributed by atoms with van der Waals surface area (Å²) < 4.78 is 31.6. The normalized spacial score (nSPS) is 19.9. The number of methoxy groups -OCH3 is 1. The Bertz CT molecular complexity index is 781. The van der Waals surface area contributed by atoms with Gasteiger partial charge in [-0.3, -0.25) is 4.79 Å². The molecule has 1 N–H and O–H groups in total. The number of ether oxygens (including phenoxy) is 1. The van der Waals surface area contributed by atoms with E-state index in [9.17, 15) is 18.7 Å². The summed E-state index contributed by atoms with van der Waals surface area (Å²) in [5.74, 6) is -1.49. The number of benzene rings is 2. The lowest BCUT2D eigenvalue weighted by Gasteiger charge is -2.25. The third kappa shape index (κ3) is 3.79. The first-order valence-electron chi connectivity index (χ1n) is 8.03. The van der Waals surface area contributed by atoms with Gasteiger partial charge in [0.15, 0.2) is 11.6 Å². The Morgan fingerprint density at radius 3 is 2.76 bits per heavy atom. The van der Waals surface area contributed by atoms with Crippen molar-refractivity contribution in [1.82, 2.24) is 4.90 Å². The number of halogens is 2. The second-order valence-electron chi connectivity index (χ2n) is 6.15. The minimum absolute atomic E-state index is 0.0512. The predicted molar refractivity (Wildman–Crippen MR) is 88.1 cm³/mol. The van der Waals surface area contributed by atoms with Crippen LogP contribution in [0.2, 0.25) is 0 Å². The molecule has 2 unspecified atom stereocenters. The van der Waals surface area contributed by atoms with Gasteiger partial charge in [0.1, 0.15) is 5.75 Å². The number of carbonyl (C=O) groups is 1. The van der Waals surface area contributed by atoms with Crippen LogP contribution in [0, 0.1) is 11.6 Å². The van der Waals surface area contributed by atoms with Crippen LogP contribution in [0.25, 0.3) is 0 Å². The van der Waals surface area contributed by atoms with E-state index in [1.54, 1.807) is 12.0 Å². The molecule has 1 aliphatic heterocycles. The molecule has 1 fully saturated rings. The first-order chi connectivity index (χ1) is 12.0. The highest BCUT2D eigenvalue weighted by molar-refractivity contribution is 5.79. The summed E-state index contributed by atoms with van der Waals surface area (Å²) >= 11 is 0. The number of aliphatic hydroxyl groups is 1. The number of carbonyl (C=O) groups excluding carboxylic acids is 1. The monoisotopic (exact) mass is 347 g/mol. The average molecular weight is 347 g/mol. The molecule has 25 heavy (non-hydrogen) atoms. The molecule has 0 saturated carbocycles. The summed E-state index contributed by atoms with van der Waals surface area (Å²) in [4.78, 5) is 14.2. The molecule has 0 spiro atoms. The minimum Gasteiger partial charge on any atom is -0.497 e. The maximum Gasteiger partial charge on any atom is 0.227 e. The van der Waals surface area contributed by atoms with E-state index in [0.29, 0.717) is 17.7 Å². The van der Waals surface area contributed by atoms with Gasteiger partial charge in [0, 0.05) is 6.54 Å². The molecule has 0 radical (unpaired) electrons. The van der Waals surface area contributed by atoms with Gasteiger partial charge in [-0.15, -0.1) is 0 Å². The Morgan fingerprint density at radius 1 is 1.24 bits per heavy atom. The zero-order chi connectivity index (χ0) is 18.0. The molecule has 0 aromatic heterocycles. The van der Waals surface area contributed by atoms with Crippen molar-refractivity contribution in [2.24, 2.45) is 0 Å². The third-order valence-corrected chi connectivity index (χ3v) is 4.42. The van der Waals surface area contributed by atoms with Crippen molar-refractivity contribution in [3.05, 3.63) is 65.2 Å². The van der Waals surface area contributed by atoms with Gasteiger partial charge < -0.3 is 14.7 Å². The Hall–Kier alpha value is -2.47. The number of hydrogen-bond donors (Lipinski definition) is 1. The van der Waals surface area contributed by atoms with E-state index in [2.05, 4.69) is 0 Å². The Balaban J connectivity index is 1.80. The van der Waals surface area contributed by atoms with Gasteiger partial charge in [-0.1, -0.05) is 18.2 Å². The van der Waals surface area contributed by atoms with E-state index in [4.69, 9.17) is 4.74 Å². The summed E-state index contributed by atoms with van der Waals surface area (Å²) in [6, 6.07) is 10.5. The van der Waals surface area contributed by atoms with Crippen LogP contribution in [0.4, 0.5) is 8.78 Å². The molecule has 2 aromatic rings. The lowest BCUT2D eigenvalue weighted by Crippen LogP contribution is -2.33. The van der Waals surface area contributed by atoms with Crippen molar-refractivity contribution >= 4 is 5.91 Å². The van der Waals surface area contributed by atoms with Crippen LogP contribution in [-0.4, -0.2) is 35.7 Å². The SMILES string of the molecule is COc1cccc(C2CC(O)CN2C(=O)Cc2ccc(F)c(F)c2)c1. The van der Waals surface area contributed by atoms with Crippen molar-refractivity contribution in [2.45, 2.75) is 25.0 Å². The standard InChI is InChI=1S/C19H19F2NO3/c1-25-15-4-2-3-13(9-15)18-10-14(23)11-22(18)19(24)8-12-5-6-16(20)17(21)7-12/h2-7,9,14,18,23H,8,10-11H2,1H3. The number of hydrogen-bond acceptors (Lipinski definition) is 3. The molecule has 2 atom stereocenters. The first-order valence-corrected chi connectivity index (χ1v) is 8.03. The molecule has 132 valence electrons. The van der Waals surface area contributed by atoms with Gasteiger partial charge in [0.05, 0.1) is 25.7 Å². The second kappa shape index (κ2) is 7.19. The van der Waals surface area contributed by atoms with Crippen molar-refractivity contribution in [3.63, 3.8) is 0 Å². The maximum absolute atomic E-state index is 13.3. The van der Waals surface area contributed by atoms with Gasteiger partial charge in [0.25, 0.3) is 0 Å². The van der Waals surface area contributed by atoms with Crippen molar-refractivity contribution in [3.8, 4) is 5.75 Å². The van der Waals surface area contributed by atoms with Crippen LogP contribution in [0.5, 0.6) is 5.75 Å². The first kappa shape index (κ1) is 17.4. The number of nitrogens with zero attached hydrogens (tertiary/aromatic N) is 1. The number of aliphatic hydroxyl groups excluding tert-OH is 1. The quantitative estimate of drug-likeness (QED) is 0.925. The molecule has 3 rings (SSSR count). The highest BCUT2D eigenvalue weighted by Crippen LogP contribution is 2.34. The molecule has 4 nitrogen and oxygen atoms in total. The van der Waals surface area contributed by atoms with Gasteiger partial charge in [-0.05, 0) is 41.8 Å². The summed E-state index contributed by atoms with van der Waals surface area (Å²) in [6.45, 7) is 0.213. The Morgan fingerprint density at radius 2 is 2.04 bits per heavy atom. The van der Waals surface area contributed by atoms with E-state index in [1.165, 1.54) is 6.07 Å². The number of rotatable bonds is 4. The summed E-state index contributed by atoms with van der Waals surface area (Å²) in [6.07, 6.45) is -0.244. The number of amides is 1. The summed E-state index contributed by atoms with van der Waals surface area (Å²) in [5, 5.41) is 10.0. The maximum atomic E-state index is 13.3. The molecule has 6 heteroatoms. The van der Waals surface area contributed by atoms with Gasteiger partial charge in [-0.25, -0.2) is 8.78 Å². The van der Waals surface area contributed by atoms with Crippen LogP contribution in [-0.2, 0) is 11.2 Å². The molecule has 1 aliphatic rings. The van der Waals surface area contributed by atoms with Gasteiger partial charge in [0.2, 0.25) is 5.91 Å². The number of likely N-dealkylation sites (tertiary alicyclic amines) is 1. The van der Waals surface area contributed by atoms with E-state index >= 15 is 0 Å². The van der Waals surface area contributed by atoms with Crippen LogP contribution < -0.4 is 4.74 Å². The minimum atomic E-state index is -0.976. The summed E-state index contributed by atoms with van der Waals surface area (Å²) in [5.41, 5.74) is 1.27. The molecular weight excluding hydrogens is 328 g/mol. The fourth-order valence-corrected chi connectivity index (χ4v) is 3.18. The van der Waals surface area contributed by atoms with E-state index in [1.807, 2.05) is 24.3 Å². The average Bonchev–Trinajstić information content (AvgIpc) is 3.00. The topological polar surface area (TPSA) is 49.8 Å². The molecule has 1 heterocycles. The molecule has 0 bridgehead atoms. The fraction of sp³-hybridized carbons (Fsp3) is 0.316. The Kier molecular flexibility index (Phi) is 4.99. The van der Waals surface area contributed by atoms with Gasteiger partial charge in [-0.2, -0.15) is 0 Å². The van der Waals surface area contributed by atoms with E-state index in [-0.39, 0.29) is 24.9 Å². The molecule has 1 amide bonds. The molecule has 2 aromatic carbocycles. The second-order valence-corrected chi connectivity index (χ2v) is 6.15. The van der Waals surface area contributed by atoms with Crippen LogP contribution >= 0.6 is 0 Å². The zero-order valence-corrected chi connectivity index (χ0v) is 13.8. The molecular formula is C19H19F2NO3. The molecule has 1 saturated heterocycles. The Labute approximate surface area is 144 Å². The van der Waals surface area contributed by atoms with Gasteiger partial charge >= 0.3 is 0 Å². The lowest BCUT2D eigenvalue weighted by molar-refractivity contribution is -0.131. The largest absolute Gasteiger partial charge is 0.497 e. The summed E-state index contributed by atoms with van der Waals surface area (Å²) in [7, 11) is 1.56. The van der Waals surface area contributed by atoms with Crippen LogP contribution in [0.1, 0.15) is 23.6 Å². The van der Waals surface area contributed by atoms with Crippen molar-refractivity contribution in [2.75, 3.05) is 13.7 Å². The highest BCUT2D eigenvalue weighted by Gasteiger charge is 2.35. The van der Waals surface area contributed by atoms with E-state index < -0.39 is 17.7 Å². The predicted octanol–water partition coefficient (Wildman–Crippen LogP) is 2.85. The van der Waals surface area contributed by atoms with Crippen LogP contribution in [0.15, 0.2) is 42.5 Å². The van der Waals surface area contributed by atoms with Crippen molar-refractivity contribution in [1.29, 1.82) is 0 Å².